The lowest BCUT2D eigenvalue weighted by atomic mass is 9.99. The Hall–Kier alpha value is -1.19. The molecule has 0 aliphatic carbocycles. The van der Waals surface area contributed by atoms with Crippen LogP contribution < -0.4 is 11.0 Å². The van der Waals surface area contributed by atoms with Crippen LogP contribution in [0.1, 0.15) is 0 Å². The predicted octanol–water partition coefficient (Wildman–Crippen LogP) is -1.13. The third kappa shape index (κ3) is 1.13. The maximum Gasteiger partial charge on any atom is 0.289 e. The van der Waals surface area contributed by atoms with Crippen LogP contribution in [0.25, 0.3) is 0 Å². The molecule has 2 radical (unpaired) electrons. The second kappa shape index (κ2) is 1.97. The molecule has 1 aromatic heterocycles. The minimum Gasteiger partial charge on any atom is -0.503 e. The first-order valence-corrected chi connectivity index (χ1v) is 2.37. The SMILES string of the molecule is [B]c1c[nH]c(=O)c(O)c1. The van der Waals surface area contributed by atoms with Gasteiger partial charge in [0.2, 0.25) is 0 Å². The summed E-state index contributed by atoms with van der Waals surface area (Å²) in [4.78, 5) is 12.6. The molecule has 0 aromatic carbocycles. The third-order valence-corrected chi connectivity index (χ3v) is 0.906. The molecule has 2 N–H and O–H groups in total. The maximum atomic E-state index is 10.4. The second-order valence-corrected chi connectivity index (χ2v) is 1.65. The third-order valence-electron chi connectivity index (χ3n) is 0.906. The molecule has 4 heteroatoms. The zero-order valence-corrected chi connectivity index (χ0v) is 4.59. The van der Waals surface area contributed by atoms with E-state index in [0.717, 1.165) is 0 Å². The van der Waals surface area contributed by atoms with Gasteiger partial charge >= 0.3 is 0 Å². The summed E-state index contributed by atoms with van der Waals surface area (Å²) in [7, 11) is 5.20. The van der Waals surface area contributed by atoms with Crippen molar-refractivity contribution in [2.45, 2.75) is 0 Å². The highest BCUT2D eigenvalue weighted by Crippen LogP contribution is 1.90. The highest BCUT2D eigenvalue weighted by atomic mass is 16.3. The Morgan fingerprint density at radius 3 is 2.78 bits per heavy atom. The van der Waals surface area contributed by atoms with E-state index in [1.54, 1.807) is 0 Å². The molecule has 1 rings (SSSR count). The van der Waals surface area contributed by atoms with Crippen molar-refractivity contribution < 1.29 is 5.11 Å². The summed E-state index contributed by atoms with van der Waals surface area (Å²) in [5.41, 5.74) is -0.184. The molecule has 0 aliphatic rings. The van der Waals surface area contributed by atoms with Crippen molar-refractivity contribution in [3.63, 3.8) is 0 Å². The van der Waals surface area contributed by atoms with Crippen LogP contribution in [0.4, 0.5) is 0 Å². The number of hydrogen-bond donors (Lipinski definition) is 2. The molecule has 0 atom stereocenters. The van der Waals surface area contributed by atoms with Crippen molar-refractivity contribution in [3.05, 3.63) is 22.6 Å². The average molecular weight is 121 g/mol. The van der Waals surface area contributed by atoms with Gasteiger partial charge in [0.1, 0.15) is 7.85 Å². The van der Waals surface area contributed by atoms with Gasteiger partial charge in [-0.3, -0.25) is 4.79 Å². The Labute approximate surface area is 52.8 Å². The van der Waals surface area contributed by atoms with Crippen LogP contribution in [-0.2, 0) is 0 Å². The zero-order chi connectivity index (χ0) is 6.85. The number of rotatable bonds is 0. The monoisotopic (exact) mass is 121 g/mol. The summed E-state index contributed by atoms with van der Waals surface area (Å²) in [5.74, 6) is -0.352. The number of aromatic amines is 1. The maximum absolute atomic E-state index is 10.4. The van der Waals surface area contributed by atoms with Gasteiger partial charge in [-0.15, -0.1) is 0 Å². The molecule has 0 saturated carbocycles. The molecule has 0 unspecified atom stereocenters. The van der Waals surface area contributed by atoms with Crippen LogP contribution >= 0.6 is 0 Å². The Balaban J connectivity index is 3.34. The van der Waals surface area contributed by atoms with Gasteiger partial charge in [-0.25, -0.2) is 0 Å². The van der Waals surface area contributed by atoms with Gasteiger partial charge in [0.15, 0.2) is 5.75 Å². The van der Waals surface area contributed by atoms with Gasteiger partial charge in [-0.1, -0.05) is 5.46 Å². The molecule has 0 spiro atoms. The van der Waals surface area contributed by atoms with Gasteiger partial charge in [-0.2, -0.15) is 0 Å². The molecule has 3 nitrogen and oxygen atoms in total. The van der Waals surface area contributed by atoms with Gasteiger partial charge in [-0.05, 0) is 12.3 Å². The lowest BCUT2D eigenvalue weighted by Gasteiger charge is -1.90. The van der Waals surface area contributed by atoms with Crippen molar-refractivity contribution in [1.29, 1.82) is 0 Å². The predicted molar refractivity (Wildman–Crippen MR) is 34.1 cm³/mol. The molecule has 44 valence electrons. The number of H-pyrrole nitrogens is 1. The summed E-state index contributed by atoms with van der Waals surface area (Å²) >= 11 is 0. The van der Waals surface area contributed by atoms with Crippen LogP contribution in [-0.4, -0.2) is 17.9 Å². The Morgan fingerprint density at radius 1 is 1.67 bits per heavy atom. The lowest BCUT2D eigenvalue weighted by molar-refractivity contribution is 0.467. The normalized spacial score (nSPS) is 9.33. The topological polar surface area (TPSA) is 53.1 Å². The first-order valence-electron chi connectivity index (χ1n) is 2.37. The number of pyridine rings is 1. The molecular weight excluding hydrogens is 117 g/mol. The fraction of sp³-hybridized carbons (Fsp3) is 0. The molecule has 0 amide bonds. The molecule has 0 saturated heterocycles. The van der Waals surface area contributed by atoms with E-state index in [0.29, 0.717) is 5.46 Å². The summed E-state index contributed by atoms with van der Waals surface area (Å²) in [5, 5.41) is 8.68. The van der Waals surface area contributed by atoms with Gasteiger partial charge in [0.05, 0.1) is 0 Å². The van der Waals surface area contributed by atoms with Crippen LogP contribution in [0.2, 0.25) is 0 Å². The van der Waals surface area contributed by atoms with Crippen molar-refractivity contribution in [2.24, 2.45) is 0 Å². The first-order chi connectivity index (χ1) is 4.20. The quantitative estimate of drug-likeness (QED) is 0.427. The van der Waals surface area contributed by atoms with E-state index in [1.165, 1.54) is 12.3 Å². The fourth-order valence-corrected chi connectivity index (χ4v) is 0.488. The Kier molecular flexibility index (Phi) is 1.30. The number of hydrogen-bond acceptors (Lipinski definition) is 2. The molecular formula is C5H4BNO2. The molecule has 1 aromatic rings. The van der Waals surface area contributed by atoms with Crippen LogP contribution in [0.5, 0.6) is 5.75 Å². The highest BCUT2D eigenvalue weighted by Gasteiger charge is 1.92. The van der Waals surface area contributed by atoms with Crippen LogP contribution in [0, 0.1) is 0 Å². The largest absolute Gasteiger partial charge is 0.503 e. The van der Waals surface area contributed by atoms with Crippen molar-refractivity contribution in [1.82, 2.24) is 4.98 Å². The Bertz CT molecular complexity index is 268. The van der Waals surface area contributed by atoms with E-state index < -0.39 is 5.56 Å². The van der Waals surface area contributed by atoms with Crippen molar-refractivity contribution >= 4 is 13.3 Å². The average Bonchev–Trinajstić information content (AvgIpc) is 1.80. The van der Waals surface area contributed by atoms with E-state index in [4.69, 9.17) is 13.0 Å². The molecule has 0 bridgehead atoms. The number of aromatic nitrogens is 1. The summed E-state index contributed by atoms with van der Waals surface area (Å²) in [6, 6.07) is 1.19. The highest BCUT2D eigenvalue weighted by molar-refractivity contribution is 6.32. The molecule has 0 fully saturated rings. The van der Waals surface area contributed by atoms with Gasteiger partial charge < -0.3 is 10.1 Å². The lowest BCUT2D eigenvalue weighted by Crippen LogP contribution is -2.12. The summed E-state index contributed by atoms with van der Waals surface area (Å²) < 4.78 is 0. The fourth-order valence-electron chi connectivity index (χ4n) is 0.488. The zero-order valence-electron chi connectivity index (χ0n) is 4.59. The van der Waals surface area contributed by atoms with E-state index in [9.17, 15) is 4.79 Å². The van der Waals surface area contributed by atoms with Crippen LogP contribution in [0.15, 0.2) is 17.1 Å². The van der Waals surface area contributed by atoms with E-state index >= 15 is 0 Å². The number of aromatic hydroxyl groups is 1. The summed E-state index contributed by atoms with van der Waals surface area (Å²) in [6.07, 6.45) is 1.32. The van der Waals surface area contributed by atoms with E-state index in [-0.39, 0.29) is 5.75 Å². The number of nitrogens with one attached hydrogen (secondary N) is 1. The standard InChI is InChI=1S/C5H4BNO2/c6-3-1-4(8)5(9)7-2-3/h1-2,8H,(H,7,9). The smallest absolute Gasteiger partial charge is 0.289 e. The van der Waals surface area contributed by atoms with Gasteiger partial charge in [0, 0.05) is 0 Å². The second-order valence-electron chi connectivity index (χ2n) is 1.65. The minimum atomic E-state index is -0.524. The van der Waals surface area contributed by atoms with Gasteiger partial charge in [0.25, 0.3) is 5.56 Å². The van der Waals surface area contributed by atoms with Crippen molar-refractivity contribution in [3.8, 4) is 5.75 Å². The minimum absolute atomic E-state index is 0.340. The molecule has 1 heterocycles. The Morgan fingerprint density at radius 2 is 2.33 bits per heavy atom. The van der Waals surface area contributed by atoms with E-state index in [2.05, 4.69) is 4.98 Å². The summed E-state index contributed by atoms with van der Waals surface area (Å²) in [6.45, 7) is 0. The van der Waals surface area contributed by atoms with E-state index in [1.807, 2.05) is 0 Å². The molecule has 0 aliphatic heterocycles. The molecule has 9 heavy (non-hydrogen) atoms. The van der Waals surface area contributed by atoms with Crippen molar-refractivity contribution in [2.75, 3.05) is 0 Å². The van der Waals surface area contributed by atoms with Crippen LogP contribution in [0.3, 0.4) is 0 Å². The first kappa shape index (κ1) is 5.94.